The standard InChI is InChI=1S/C15H21N3/c1-10-13-8-16-7-12(13)9-18(10)15-6-5-11-3-2-4-14(11)17-15/h5-6,10,12-13,16H,2-4,7-9H2,1H3. The Kier molecular flexibility index (Phi) is 2.37. The Balaban J connectivity index is 1.64. The molecule has 3 heteroatoms. The van der Waals surface area contributed by atoms with Gasteiger partial charge >= 0.3 is 0 Å². The molecule has 1 aliphatic carbocycles. The van der Waals surface area contributed by atoms with Gasteiger partial charge in [-0.25, -0.2) is 4.98 Å². The van der Waals surface area contributed by atoms with Crippen LogP contribution in [0.15, 0.2) is 12.1 Å². The zero-order valence-corrected chi connectivity index (χ0v) is 11.0. The summed E-state index contributed by atoms with van der Waals surface area (Å²) in [6.07, 6.45) is 3.70. The smallest absolute Gasteiger partial charge is 0.129 e. The highest BCUT2D eigenvalue weighted by Crippen LogP contribution is 2.35. The van der Waals surface area contributed by atoms with E-state index >= 15 is 0 Å². The molecule has 2 fully saturated rings. The second kappa shape index (κ2) is 3.95. The fourth-order valence-corrected chi connectivity index (χ4v) is 4.04. The summed E-state index contributed by atoms with van der Waals surface area (Å²) in [6.45, 7) is 5.93. The van der Waals surface area contributed by atoms with Gasteiger partial charge < -0.3 is 10.2 Å². The van der Waals surface area contributed by atoms with Crippen molar-refractivity contribution in [3.63, 3.8) is 0 Å². The third-order valence-corrected chi connectivity index (χ3v) is 5.14. The molecule has 0 bridgehead atoms. The molecule has 3 unspecified atom stereocenters. The predicted molar refractivity (Wildman–Crippen MR) is 72.9 cm³/mol. The summed E-state index contributed by atoms with van der Waals surface area (Å²) >= 11 is 0. The molecule has 1 aromatic heterocycles. The minimum atomic E-state index is 0.636. The molecular weight excluding hydrogens is 222 g/mol. The Labute approximate surface area is 109 Å². The molecule has 1 aromatic rings. The number of nitrogens with one attached hydrogen (secondary N) is 1. The van der Waals surface area contributed by atoms with Gasteiger partial charge in [-0.05, 0) is 49.7 Å². The highest BCUT2D eigenvalue weighted by molar-refractivity contribution is 5.46. The van der Waals surface area contributed by atoms with Crippen LogP contribution in [-0.4, -0.2) is 30.7 Å². The molecule has 3 atom stereocenters. The van der Waals surface area contributed by atoms with Gasteiger partial charge in [0.15, 0.2) is 0 Å². The number of hydrogen-bond donors (Lipinski definition) is 1. The number of anilines is 1. The van der Waals surface area contributed by atoms with Crippen LogP contribution in [-0.2, 0) is 12.8 Å². The zero-order valence-electron chi connectivity index (χ0n) is 11.0. The maximum atomic E-state index is 4.92. The monoisotopic (exact) mass is 243 g/mol. The molecule has 1 N–H and O–H groups in total. The highest BCUT2D eigenvalue weighted by atomic mass is 15.3. The minimum Gasteiger partial charge on any atom is -0.353 e. The number of aryl methyl sites for hydroxylation is 2. The molecule has 3 nitrogen and oxygen atoms in total. The van der Waals surface area contributed by atoms with Crippen LogP contribution in [0.3, 0.4) is 0 Å². The fraction of sp³-hybridized carbons (Fsp3) is 0.667. The van der Waals surface area contributed by atoms with Gasteiger partial charge in [-0.3, -0.25) is 0 Å². The van der Waals surface area contributed by atoms with Gasteiger partial charge in [0.05, 0.1) is 0 Å². The van der Waals surface area contributed by atoms with Crippen molar-refractivity contribution in [2.45, 2.75) is 32.2 Å². The summed E-state index contributed by atoms with van der Waals surface area (Å²) in [5, 5.41) is 3.52. The van der Waals surface area contributed by atoms with Gasteiger partial charge in [-0.15, -0.1) is 0 Å². The maximum Gasteiger partial charge on any atom is 0.129 e. The van der Waals surface area contributed by atoms with Crippen molar-refractivity contribution < 1.29 is 0 Å². The van der Waals surface area contributed by atoms with E-state index in [1.165, 1.54) is 56.0 Å². The van der Waals surface area contributed by atoms with Gasteiger partial charge in [-0.1, -0.05) is 6.07 Å². The van der Waals surface area contributed by atoms with Gasteiger partial charge in [0.25, 0.3) is 0 Å². The van der Waals surface area contributed by atoms with E-state index in [0.29, 0.717) is 6.04 Å². The van der Waals surface area contributed by atoms with Gasteiger partial charge in [0, 0.05) is 31.4 Å². The molecule has 0 radical (unpaired) electrons. The molecule has 0 spiro atoms. The molecule has 18 heavy (non-hydrogen) atoms. The average molecular weight is 243 g/mol. The lowest BCUT2D eigenvalue weighted by atomic mass is 9.95. The van der Waals surface area contributed by atoms with E-state index in [9.17, 15) is 0 Å². The number of pyridine rings is 1. The van der Waals surface area contributed by atoms with Crippen LogP contribution in [0.1, 0.15) is 24.6 Å². The first-order valence-electron chi connectivity index (χ1n) is 7.29. The third-order valence-electron chi connectivity index (χ3n) is 5.14. The normalized spacial score (nSPS) is 33.8. The second-order valence-corrected chi connectivity index (χ2v) is 6.10. The molecule has 3 heterocycles. The van der Waals surface area contributed by atoms with E-state index in [4.69, 9.17) is 4.98 Å². The third kappa shape index (κ3) is 1.50. The molecule has 4 rings (SSSR count). The summed E-state index contributed by atoms with van der Waals surface area (Å²) in [5.74, 6) is 2.87. The summed E-state index contributed by atoms with van der Waals surface area (Å²) in [7, 11) is 0. The second-order valence-electron chi connectivity index (χ2n) is 6.10. The van der Waals surface area contributed by atoms with Crippen LogP contribution in [0.25, 0.3) is 0 Å². The minimum absolute atomic E-state index is 0.636. The summed E-state index contributed by atoms with van der Waals surface area (Å²) < 4.78 is 0. The first kappa shape index (κ1) is 10.8. The molecule has 2 saturated heterocycles. The van der Waals surface area contributed by atoms with Crippen LogP contribution < -0.4 is 10.2 Å². The number of nitrogens with zero attached hydrogens (tertiary/aromatic N) is 2. The maximum absolute atomic E-state index is 4.92. The Bertz CT molecular complexity index is 471. The van der Waals surface area contributed by atoms with Crippen LogP contribution >= 0.6 is 0 Å². The lowest BCUT2D eigenvalue weighted by Gasteiger charge is -2.26. The molecule has 0 amide bonds. The summed E-state index contributed by atoms with van der Waals surface area (Å²) in [4.78, 5) is 7.45. The Hall–Kier alpha value is -1.09. The molecular formula is C15H21N3. The molecule has 0 saturated carbocycles. The van der Waals surface area contributed by atoms with E-state index in [1.54, 1.807) is 0 Å². The fourth-order valence-electron chi connectivity index (χ4n) is 4.04. The van der Waals surface area contributed by atoms with Crippen molar-refractivity contribution in [1.82, 2.24) is 10.3 Å². The quantitative estimate of drug-likeness (QED) is 0.812. The summed E-state index contributed by atoms with van der Waals surface area (Å²) in [6, 6.07) is 5.19. The lowest BCUT2D eigenvalue weighted by molar-refractivity contribution is 0.471. The van der Waals surface area contributed by atoms with Gasteiger partial charge in [0.2, 0.25) is 0 Å². The first-order valence-corrected chi connectivity index (χ1v) is 7.29. The van der Waals surface area contributed by atoms with Crippen molar-refractivity contribution in [2.75, 3.05) is 24.5 Å². The van der Waals surface area contributed by atoms with Crippen LogP contribution in [0.2, 0.25) is 0 Å². The molecule has 2 aliphatic heterocycles. The van der Waals surface area contributed by atoms with E-state index in [-0.39, 0.29) is 0 Å². The van der Waals surface area contributed by atoms with Gasteiger partial charge in [-0.2, -0.15) is 0 Å². The highest BCUT2D eigenvalue weighted by Gasteiger charge is 2.42. The van der Waals surface area contributed by atoms with Crippen LogP contribution in [0.5, 0.6) is 0 Å². The first-order chi connectivity index (χ1) is 8.83. The molecule has 3 aliphatic rings. The van der Waals surface area contributed by atoms with E-state index in [0.717, 1.165) is 11.8 Å². The molecule has 96 valence electrons. The van der Waals surface area contributed by atoms with Crippen LogP contribution in [0.4, 0.5) is 5.82 Å². The largest absolute Gasteiger partial charge is 0.353 e. The van der Waals surface area contributed by atoms with Crippen LogP contribution in [0, 0.1) is 11.8 Å². The lowest BCUT2D eigenvalue weighted by Crippen LogP contribution is -2.33. The zero-order chi connectivity index (χ0) is 12.1. The van der Waals surface area contributed by atoms with Crippen molar-refractivity contribution in [1.29, 1.82) is 0 Å². The molecule has 0 aromatic carbocycles. The number of rotatable bonds is 1. The number of hydrogen-bond acceptors (Lipinski definition) is 3. The Morgan fingerprint density at radius 1 is 1.28 bits per heavy atom. The predicted octanol–water partition coefficient (Wildman–Crippen LogP) is 1.61. The summed E-state index contributed by atoms with van der Waals surface area (Å²) in [5.41, 5.74) is 2.84. The van der Waals surface area contributed by atoms with Crippen molar-refractivity contribution in [2.24, 2.45) is 11.8 Å². The number of aromatic nitrogens is 1. The van der Waals surface area contributed by atoms with Crippen molar-refractivity contribution >= 4 is 5.82 Å². The van der Waals surface area contributed by atoms with Gasteiger partial charge in [0.1, 0.15) is 5.82 Å². The SMILES string of the molecule is CC1C2CNCC2CN1c1ccc2c(n1)CCC2. The van der Waals surface area contributed by atoms with Crippen molar-refractivity contribution in [3.05, 3.63) is 23.4 Å². The number of fused-ring (bicyclic) bond motifs is 2. The van der Waals surface area contributed by atoms with Crippen molar-refractivity contribution in [3.8, 4) is 0 Å². The Morgan fingerprint density at radius 3 is 3.11 bits per heavy atom. The Morgan fingerprint density at radius 2 is 2.22 bits per heavy atom. The average Bonchev–Trinajstić information content (AvgIpc) is 3.06. The van der Waals surface area contributed by atoms with E-state index in [2.05, 4.69) is 29.3 Å². The van der Waals surface area contributed by atoms with E-state index in [1.807, 2.05) is 0 Å². The van der Waals surface area contributed by atoms with E-state index < -0.39 is 0 Å². The topological polar surface area (TPSA) is 28.2 Å².